The molecule has 5 heteroatoms. The van der Waals surface area contributed by atoms with Gasteiger partial charge in [-0.05, 0) is 25.1 Å². The second kappa shape index (κ2) is 6.85. The van der Waals surface area contributed by atoms with E-state index in [0.29, 0.717) is 17.3 Å². The fraction of sp³-hybridized carbons (Fsp3) is 0.250. The van der Waals surface area contributed by atoms with Gasteiger partial charge in [0, 0.05) is 12.1 Å². The average molecular weight is 285 g/mol. The zero-order valence-electron chi connectivity index (χ0n) is 12.1. The first-order valence-electron chi connectivity index (χ1n) is 6.81. The third kappa shape index (κ3) is 4.29. The summed E-state index contributed by atoms with van der Waals surface area (Å²) in [5.74, 6) is 0.806. The Morgan fingerprint density at radius 1 is 1.19 bits per heavy atom. The van der Waals surface area contributed by atoms with Crippen LogP contribution in [-0.4, -0.2) is 16.9 Å². The predicted octanol–water partition coefficient (Wildman–Crippen LogP) is 2.80. The van der Waals surface area contributed by atoms with Crippen molar-refractivity contribution in [1.82, 2.24) is 4.98 Å². The van der Waals surface area contributed by atoms with E-state index in [9.17, 15) is 4.79 Å². The summed E-state index contributed by atoms with van der Waals surface area (Å²) in [6.07, 6.45) is 1.56. The Morgan fingerprint density at radius 2 is 1.90 bits per heavy atom. The first kappa shape index (κ1) is 15.0. The normalized spacial score (nSPS) is 13.3. The number of carbonyl (C=O) groups excluding carboxylic acids is 1. The summed E-state index contributed by atoms with van der Waals surface area (Å²) in [6, 6.07) is 12.6. The van der Waals surface area contributed by atoms with Crippen molar-refractivity contribution in [2.75, 3.05) is 5.32 Å². The second-order valence-corrected chi connectivity index (χ2v) is 4.94. The summed E-state index contributed by atoms with van der Waals surface area (Å²) in [7, 11) is 0. The van der Waals surface area contributed by atoms with Gasteiger partial charge < -0.3 is 15.8 Å². The molecule has 0 spiro atoms. The molecule has 0 bridgehead atoms. The lowest BCUT2D eigenvalue weighted by molar-refractivity contribution is -0.119. The lowest BCUT2D eigenvalue weighted by atomic mass is 10.0. The Kier molecular flexibility index (Phi) is 4.90. The van der Waals surface area contributed by atoms with Gasteiger partial charge in [0.25, 0.3) is 0 Å². The highest BCUT2D eigenvalue weighted by Crippen LogP contribution is 2.20. The number of amides is 1. The van der Waals surface area contributed by atoms with Gasteiger partial charge in [-0.2, -0.15) is 0 Å². The molecule has 2 rings (SSSR count). The number of hydrogen-bond donors (Lipinski definition) is 2. The molecule has 0 radical (unpaired) electrons. The van der Waals surface area contributed by atoms with Crippen LogP contribution in [0.15, 0.2) is 48.7 Å². The van der Waals surface area contributed by atoms with E-state index >= 15 is 0 Å². The Morgan fingerprint density at radius 3 is 2.48 bits per heavy atom. The molecule has 2 atom stereocenters. The molecule has 2 unspecified atom stereocenters. The molecule has 1 amide bonds. The molecule has 21 heavy (non-hydrogen) atoms. The van der Waals surface area contributed by atoms with E-state index in [1.165, 1.54) is 0 Å². The van der Waals surface area contributed by atoms with Crippen LogP contribution < -0.4 is 15.8 Å². The molecular weight excluding hydrogens is 266 g/mol. The number of nitrogens with one attached hydrogen (secondary N) is 1. The molecule has 1 aromatic heterocycles. The molecule has 3 N–H and O–H groups in total. The van der Waals surface area contributed by atoms with Crippen LogP contribution in [0.2, 0.25) is 0 Å². The minimum Gasteiger partial charge on any atom is -0.439 e. The number of rotatable bonds is 5. The fourth-order valence-electron chi connectivity index (χ4n) is 1.62. The quantitative estimate of drug-likeness (QED) is 0.885. The van der Waals surface area contributed by atoms with Crippen LogP contribution in [-0.2, 0) is 4.79 Å². The maximum atomic E-state index is 11.9. The van der Waals surface area contributed by atoms with Crippen LogP contribution in [0, 0.1) is 5.92 Å². The molecule has 5 nitrogen and oxygen atoms in total. The highest BCUT2D eigenvalue weighted by Gasteiger charge is 2.17. The number of nitrogens with two attached hydrogens (primary N) is 1. The number of pyridine rings is 1. The number of aromatic nitrogens is 1. The highest BCUT2D eigenvalue weighted by atomic mass is 16.5. The van der Waals surface area contributed by atoms with Gasteiger partial charge in [-0.3, -0.25) is 4.79 Å². The van der Waals surface area contributed by atoms with Crippen molar-refractivity contribution in [3.8, 4) is 11.6 Å². The van der Waals surface area contributed by atoms with Crippen molar-refractivity contribution in [3.05, 3.63) is 48.7 Å². The average Bonchev–Trinajstić information content (AvgIpc) is 2.49. The lowest BCUT2D eigenvalue weighted by Gasteiger charge is -2.15. The molecule has 110 valence electrons. The van der Waals surface area contributed by atoms with E-state index in [-0.39, 0.29) is 17.9 Å². The van der Waals surface area contributed by atoms with Gasteiger partial charge >= 0.3 is 0 Å². The summed E-state index contributed by atoms with van der Waals surface area (Å²) >= 11 is 0. The van der Waals surface area contributed by atoms with Crippen molar-refractivity contribution < 1.29 is 9.53 Å². The molecule has 0 saturated heterocycles. The Bertz CT molecular complexity index is 582. The van der Waals surface area contributed by atoms with Crippen molar-refractivity contribution >= 4 is 11.6 Å². The van der Waals surface area contributed by atoms with Crippen LogP contribution >= 0.6 is 0 Å². The Labute approximate surface area is 124 Å². The summed E-state index contributed by atoms with van der Waals surface area (Å²) in [5.41, 5.74) is 6.32. The van der Waals surface area contributed by atoms with Gasteiger partial charge in [0.05, 0.1) is 17.8 Å². The van der Waals surface area contributed by atoms with E-state index in [1.54, 1.807) is 32.2 Å². The van der Waals surface area contributed by atoms with Gasteiger partial charge in [-0.15, -0.1) is 0 Å². The number of carbonyl (C=O) groups is 1. The SMILES string of the molecule is CC(N)C(C)C(=O)Nc1ccc(Oc2ccccc2)nc1. The van der Waals surface area contributed by atoms with Crippen molar-refractivity contribution in [1.29, 1.82) is 0 Å². The number of nitrogens with zero attached hydrogens (tertiary/aromatic N) is 1. The Balaban J connectivity index is 1.98. The molecule has 0 aliphatic heterocycles. The van der Waals surface area contributed by atoms with Gasteiger partial charge in [0.1, 0.15) is 5.75 Å². The maximum Gasteiger partial charge on any atom is 0.228 e. The van der Waals surface area contributed by atoms with Crippen LogP contribution in [0.25, 0.3) is 0 Å². The molecule has 1 heterocycles. The first-order valence-corrected chi connectivity index (χ1v) is 6.81. The minimum absolute atomic E-state index is 0.122. The van der Waals surface area contributed by atoms with Crippen LogP contribution in [0.4, 0.5) is 5.69 Å². The summed E-state index contributed by atoms with van der Waals surface area (Å²) in [4.78, 5) is 16.0. The number of para-hydroxylation sites is 1. The molecule has 0 aliphatic carbocycles. The van der Waals surface area contributed by atoms with Crippen LogP contribution in [0.5, 0.6) is 11.6 Å². The number of hydrogen-bond acceptors (Lipinski definition) is 4. The van der Waals surface area contributed by atoms with E-state index in [0.717, 1.165) is 0 Å². The number of benzene rings is 1. The topological polar surface area (TPSA) is 77.2 Å². The molecule has 0 fully saturated rings. The summed E-state index contributed by atoms with van der Waals surface area (Å²) < 4.78 is 5.58. The third-order valence-corrected chi connectivity index (χ3v) is 3.17. The van der Waals surface area contributed by atoms with E-state index in [4.69, 9.17) is 10.5 Å². The predicted molar refractivity (Wildman–Crippen MR) is 82.2 cm³/mol. The molecular formula is C16H19N3O2. The smallest absolute Gasteiger partial charge is 0.228 e. The highest BCUT2D eigenvalue weighted by molar-refractivity contribution is 5.92. The Hall–Kier alpha value is -2.40. The van der Waals surface area contributed by atoms with Gasteiger partial charge in [-0.1, -0.05) is 25.1 Å². The third-order valence-electron chi connectivity index (χ3n) is 3.17. The molecule has 1 aromatic carbocycles. The van der Waals surface area contributed by atoms with Crippen molar-refractivity contribution in [3.63, 3.8) is 0 Å². The van der Waals surface area contributed by atoms with Gasteiger partial charge in [-0.25, -0.2) is 4.98 Å². The maximum absolute atomic E-state index is 11.9. The largest absolute Gasteiger partial charge is 0.439 e. The van der Waals surface area contributed by atoms with Crippen molar-refractivity contribution in [2.24, 2.45) is 11.7 Å². The van der Waals surface area contributed by atoms with Crippen LogP contribution in [0.3, 0.4) is 0 Å². The monoisotopic (exact) mass is 285 g/mol. The number of anilines is 1. The zero-order chi connectivity index (χ0) is 15.2. The summed E-state index contributed by atoms with van der Waals surface area (Å²) in [6.45, 7) is 3.60. The fourth-order valence-corrected chi connectivity index (χ4v) is 1.62. The molecule has 0 saturated carbocycles. The molecule has 0 aliphatic rings. The van der Waals surface area contributed by atoms with Gasteiger partial charge in [0.2, 0.25) is 11.8 Å². The van der Waals surface area contributed by atoms with E-state index in [2.05, 4.69) is 10.3 Å². The van der Waals surface area contributed by atoms with Crippen LogP contribution in [0.1, 0.15) is 13.8 Å². The van der Waals surface area contributed by atoms with E-state index < -0.39 is 0 Å². The van der Waals surface area contributed by atoms with Crippen molar-refractivity contribution in [2.45, 2.75) is 19.9 Å². The standard InChI is InChI=1S/C16H19N3O2/c1-11(12(2)17)16(20)19-13-8-9-15(18-10-13)21-14-6-4-3-5-7-14/h3-12H,17H2,1-2H3,(H,19,20). The number of ether oxygens (including phenoxy) is 1. The first-order chi connectivity index (χ1) is 10.1. The lowest BCUT2D eigenvalue weighted by Crippen LogP contribution is -2.34. The second-order valence-electron chi connectivity index (χ2n) is 4.94. The minimum atomic E-state index is -0.259. The van der Waals surface area contributed by atoms with Gasteiger partial charge in [0.15, 0.2) is 0 Å². The summed E-state index contributed by atoms with van der Waals surface area (Å²) in [5, 5.41) is 2.78. The van der Waals surface area contributed by atoms with E-state index in [1.807, 2.05) is 30.3 Å². The molecule has 2 aromatic rings. The zero-order valence-corrected chi connectivity index (χ0v) is 12.1.